The smallest absolute Gasteiger partial charge is 0.331 e. The molecule has 0 bridgehead atoms. The van der Waals surface area contributed by atoms with Crippen LogP contribution >= 0.6 is 0 Å². The number of nitrogens with zero attached hydrogens (tertiary/aromatic N) is 1. The Hall–Kier alpha value is -1.68. The fraction of sp³-hybridized carbons (Fsp3) is 0.611. The van der Waals surface area contributed by atoms with Crippen LogP contribution in [-0.4, -0.2) is 34.3 Å². The normalized spacial score (nSPS) is 31.1. The number of hydrogen-bond acceptors (Lipinski definition) is 4. The second kappa shape index (κ2) is 6.44. The van der Waals surface area contributed by atoms with Gasteiger partial charge in [0.1, 0.15) is 0 Å². The number of carbonyl (C=O) groups is 1. The minimum Gasteiger partial charge on any atom is -0.478 e. The molecule has 0 aromatic heterocycles. The third-order valence-corrected chi connectivity index (χ3v) is 4.63. The summed E-state index contributed by atoms with van der Waals surface area (Å²) in [7, 11) is 0. The molecule has 5 nitrogen and oxygen atoms in total. The number of nitrogens with two attached hydrogens (primary N) is 1. The number of allylic oxidation sites excluding steroid dienone is 4. The Balaban J connectivity index is 2.16. The van der Waals surface area contributed by atoms with E-state index in [1.807, 2.05) is 6.92 Å². The van der Waals surface area contributed by atoms with Gasteiger partial charge in [0.05, 0.1) is 0 Å². The van der Waals surface area contributed by atoms with Crippen LogP contribution in [0, 0.1) is 10.8 Å². The summed E-state index contributed by atoms with van der Waals surface area (Å²) in [6.45, 7) is 6.33. The van der Waals surface area contributed by atoms with E-state index in [4.69, 9.17) is 10.8 Å². The molecule has 1 fully saturated rings. The summed E-state index contributed by atoms with van der Waals surface area (Å²) in [5.74, 6) is 1.89. The molecule has 0 radical (unpaired) electrons. The standard InChI is InChI=1S/C18H26N2O3/c1-17(2)8-14(19)9-18(3,11-17)16(23)20-10-12-5-4-6-13(7-12)15(21)22/h4-6,14,16,23H,7-9,11,19H2,1-3H3,(H,21,22). The topological polar surface area (TPSA) is 95.9 Å². The van der Waals surface area contributed by atoms with Crippen LogP contribution in [0.25, 0.3) is 0 Å². The first kappa shape index (κ1) is 17.7. The lowest BCUT2D eigenvalue weighted by molar-refractivity contribution is -0.132. The van der Waals surface area contributed by atoms with Gasteiger partial charge in [0.15, 0.2) is 6.23 Å². The highest BCUT2D eigenvalue weighted by Crippen LogP contribution is 2.47. The van der Waals surface area contributed by atoms with Crippen LogP contribution in [0.4, 0.5) is 0 Å². The van der Waals surface area contributed by atoms with Gasteiger partial charge in [-0.05, 0) is 36.6 Å². The van der Waals surface area contributed by atoms with Crippen molar-refractivity contribution in [3.63, 3.8) is 0 Å². The minimum absolute atomic E-state index is 0.0531. The number of aliphatic hydroxyl groups is 1. The van der Waals surface area contributed by atoms with E-state index >= 15 is 0 Å². The van der Waals surface area contributed by atoms with E-state index in [0.717, 1.165) is 12.8 Å². The molecular weight excluding hydrogens is 292 g/mol. The van der Waals surface area contributed by atoms with Crippen molar-refractivity contribution in [1.82, 2.24) is 0 Å². The van der Waals surface area contributed by atoms with Crippen LogP contribution in [0.1, 0.15) is 46.5 Å². The highest BCUT2D eigenvalue weighted by Gasteiger charge is 2.44. The number of aliphatic hydroxyl groups excluding tert-OH is 1. The molecule has 2 aliphatic carbocycles. The molecule has 0 aromatic carbocycles. The summed E-state index contributed by atoms with van der Waals surface area (Å²) < 4.78 is 0. The number of aliphatic imine (C=N–C) groups is 1. The molecule has 0 heterocycles. The molecule has 126 valence electrons. The van der Waals surface area contributed by atoms with E-state index in [1.165, 1.54) is 0 Å². The monoisotopic (exact) mass is 318 g/mol. The molecule has 1 saturated carbocycles. The van der Waals surface area contributed by atoms with Crippen LogP contribution in [0.3, 0.4) is 0 Å². The van der Waals surface area contributed by atoms with Crippen LogP contribution in [-0.2, 0) is 4.79 Å². The molecule has 5 heteroatoms. The first-order valence-corrected chi connectivity index (χ1v) is 7.97. The molecule has 4 N–H and O–H groups in total. The summed E-state index contributed by atoms with van der Waals surface area (Å²) >= 11 is 0. The van der Waals surface area contributed by atoms with Crippen molar-refractivity contribution in [3.8, 4) is 0 Å². The van der Waals surface area contributed by atoms with Crippen molar-refractivity contribution < 1.29 is 15.0 Å². The highest BCUT2D eigenvalue weighted by molar-refractivity contribution is 5.89. The lowest BCUT2D eigenvalue weighted by atomic mass is 9.62. The average molecular weight is 318 g/mol. The van der Waals surface area contributed by atoms with Crippen molar-refractivity contribution in [2.24, 2.45) is 21.6 Å². The number of rotatable bonds is 3. The van der Waals surface area contributed by atoms with Crippen molar-refractivity contribution in [2.75, 3.05) is 0 Å². The molecule has 23 heavy (non-hydrogen) atoms. The van der Waals surface area contributed by atoms with Gasteiger partial charge in [-0.1, -0.05) is 32.9 Å². The van der Waals surface area contributed by atoms with Crippen molar-refractivity contribution in [3.05, 3.63) is 29.4 Å². The number of carboxylic acids is 1. The Morgan fingerprint density at radius 1 is 1.43 bits per heavy atom. The fourth-order valence-electron chi connectivity index (χ4n) is 3.94. The molecular formula is C18H26N2O3. The van der Waals surface area contributed by atoms with Crippen molar-refractivity contribution >= 4 is 11.8 Å². The molecule has 3 atom stereocenters. The van der Waals surface area contributed by atoms with E-state index in [9.17, 15) is 9.90 Å². The van der Waals surface area contributed by atoms with Gasteiger partial charge in [0.25, 0.3) is 0 Å². The zero-order valence-corrected chi connectivity index (χ0v) is 14.0. The summed E-state index contributed by atoms with van der Waals surface area (Å²) in [6, 6.07) is 0.0531. The van der Waals surface area contributed by atoms with Gasteiger partial charge in [-0.25, -0.2) is 9.79 Å². The van der Waals surface area contributed by atoms with Crippen molar-refractivity contribution in [1.29, 1.82) is 0 Å². The second-order valence-electron chi connectivity index (χ2n) is 7.84. The van der Waals surface area contributed by atoms with Gasteiger partial charge in [-0.2, -0.15) is 0 Å². The summed E-state index contributed by atoms with van der Waals surface area (Å²) in [5.41, 5.74) is 6.79. The van der Waals surface area contributed by atoms with Gasteiger partial charge in [0, 0.05) is 29.0 Å². The number of carboxylic acid groups (broad SMARTS) is 1. The van der Waals surface area contributed by atoms with E-state index in [2.05, 4.69) is 24.7 Å². The predicted octanol–water partition coefficient (Wildman–Crippen LogP) is 2.42. The van der Waals surface area contributed by atoms with E-state index < -0.39 is 17.6 Å². The maximum atomic E-state index is 11.0. The third-order valence-electron chi connectivity index (χ3n) is 4.63. The van der Waals surface area contributed by atoms with Gasteiger partial charge in [0.2, 0.25) is 0 Å². The molecule has 0 saturated heterocycles. The maximum absolute atomic E-state index is 11.0. The minimum atomic E-state index is -0.943. The predicted molar refractivity (Wildman–Crippen MR) is 90.1 cm³/mol. The molecule has 0 aromatic rings. The molecule has 0 aliphatic heterocycles. The van der Waals surface area contributed by atoms with Gasteiger partial charge in [-0.15, -0.1) is 0 Å². The molecule has 2 rings (SSSR count). The van der Waals surface area contributed by atoms with E-state index in [0.29, 0.717) is 17.6 Å². The number of aliphatic carboxylic acids is 1. The summed E-state index contributed by atoms with van der Waals surface area (Å²) in [6.07, 6.45) is 6.86. The van der Waals surface area contributed by atoms with Gasteiger partial charge >= 0.3 is 5.97 Å². The first-order valence-electron chi connectivity index (χ1n) is 7.97. The fourth-order valence-corrected chi connectivity index (χ4v) is 3.94. The SMILES string of the molecule is CC1(C)CC(N)CC(C)(C(O)N=C=C2C=CC=C(C(=O)O)C2)C1. The molecule has 0 amide bonds. The molecule has 0 spiro atoms. The average Bonchev–Trinajstić information content (AvgIpc) is 2.42. The molecule has 3 unspecified atom stereocenters. The lowest BCUT2D eigenvalue weighted by Gasteiger charge is -2.46. The quantitative estimate of drug-likeness (QED) is 0.696. The summed E-state index contributed by atoms with van der Waals surface area (Å²) in [4.78, 5) is 15.2. The zero-order valence-electron chi connectivity index (χ0n) is 14.0. The summed E-state index contributed by atoms with van der Waals surface area (Å²) in [5, 5.41) is 19.6. The van der Waals surface area contributed by atoms with E-state index in [-0.39, 0.29) is 17.9 Å². The second-order valence-corrected chi connectivity index (χ2v) is 7.84. The van der Waals surface area contributed by atoms with Gasteiger partial charge < -0.3 is 15.9 Å². The van der Waals surface area contributed by atoms with Crippen molar-refractivity contribution in [2.45, 2.75) is 58.7 Å². The third kappa shape index (κ3) is 4.41. The Morgan fingerprint density at radius 2 is 2.13 bits per heavy atom. The van der Waals surface area contributed by atoms with Gasteiger partial charge in [-0.3, -0.25) is 0 Å². The Bertz CT molecular complexity index is 612. The molecule has 2 aliphatic rings. The Kier molecular flexibility index (Phi) is 4.95. The van der Waals surface area contributed by atoms with Crippen LogP contribution in [0.15, 0.2) is 34.4 Å². The van der Waals surface area contributed by atoms with E-state index in [1.54, 1.807) is 18.2 Å². The van der Waals surface area contributed by atoms with Crippen LogP contribution < -0.4 is 5.73 Å². The highest BCUT2D eigenvalue weighted by atomic mass is 16.4. The first-order chi connectivity index (χ1) is 10.6. The lowest BCUT2D eigenvalue weighted by Crippen LogP contribution is -2.47. The maximum Gasteiger partial charge on any atom is 0.331 e. The zero-order chi connectivity index (χ0) is 17.3. The number of hydrogen-bond donors (Lipinski definition) is 3. The Morgan fingerprint density at radius 3 is 2.74 bits per heavy atom. The Labute approximate surface area is 137 Å². The largest absolute Gasteiger partial charge is 0.478 e. The van der Waals surface area contributed by atoms with Crippen LogP contribution in [0.5, 0.6) is 0 Å². The van der Waals surface area contributed by atoms with Crippen LogP contribution in [0.2, 0.25) is 0 Å².